The normalized spacial score (nSPS) is 20.7. The minimum Gasteiger partial charge on any atom is -0.391 e. The van der Waals surface area contributed by atoms with E-state index in [0.717, 1.165) is 11.3 Å². The summed E-state index contributed by atoms with van der Waals surface area (Å²) in [5.74, 6) is -0.369. The molecule has 1 saturated heterocycles. The van der Waals surface area contributed by atoms with Gasteiger partial charge in [0.1, 0.15) is 5.82 Å². The van der Waals surface area contributed by atoms with Gasteiger partial charge in [-0.2, -0.15) is 0 Å². The molecule has 0 radical (unpaired) electrons. The van der Waals surface area contributed by atoms with E-state index in [1.807, 2.05) is 18.2 Å². The van der Waals surface area contributed by atoms with Crippen molar-refractivity contribution >= 4 is 5.91 Å². The standard InChI is InChI=1S/C18H19FN2O2/c19-14-5-3-4-13(10-14)17-11-16(22)12-21(17)18(23)8-7-15-6-1-2-9-20-15/h1-6,9-10,16-17,22H,7-8,11-12H2/t16-,17-/m1/s1. The van der Waals surface area contributed by atoms with Crippen molar-refractivity contribution in [3.63, 3.8) is 0 Å². The molecule has 1 fully saturated rings. The zero-order valence-electron chi connectivity index (χ0n) is 12.7. The van der Waals surface area contributed by atoms with Gasteiger partial charge in [0.05, 0.1) is 12.1 Å². The van der Waals surface area contributed by atoms with Crippen LogP contribution in [0.15, 0.2) is 48.7 Å². The van der Waals surface area contributed by atoms with Gasteiger partial charge < -0.3 is 10.0 Å². The van der Waals surface area contributed by atoms with E-state index in [1.165, 1.54) is 12.1 Å². The lowest BCUT2D eigenvalue weighted by atomic mass is 10.0. The third kappa shape index (κ3) is 3.74. The summed E-state index contributed by atoms with van der Waals surface area (Å²) in [5.41, 5.74) is 1.59. The van der Waals surface area contributed by atoms with Crippen molar-refractivity contribution in [2.24, 2.45) is 0 Å². The zero-order chi connectivity index (χ0) is 16.2. The van der Waals surface area contributed by atoms with Crippen LogP contribution in [0.4, 0.5) is 4.39 Å². The van der Waals surface area contributed by atoms with E-state index >= 15 is 0 Å². The minimum atomic E-state index is -0.568. The fourth-order valence-electron chi connectivity index (χ4n) is 3.04. The molecule has 0 unspecified atom stereocenters. The molecule has 0 bridgehead atoms. The quantitative estimate of drug-likeness (QED) is 0.943. The Labute approximate surface area is 134 Å². The molecule has 120 valence electrons. The number of carbonyl (C=O) groups is 1. The lowest BCUT2D eigenvalue weighted by Gasteiger charge is -2.25. The van der Waals surface area contributed by atoms with Crippen molar-refractivity contribution in [2.45, 2.75) is 31.4 Å². The second kappa shape index (κ2) is 6.87. The lowest BCUT2D eigenvalue weighted by Crippen LogP contribution is -2.32. The van der Waals surface area contributed by atoms with Crippen LogP contribution in [0.25, 0.3) is 0 Å². The monoisotopic (exact) mass is 314 g/mol. The van der Waals surface area contributed by atoms with Crippen LogP contribution in [-0.4, -0.2) is 33.5 Å². The van der Waals surface area contributed by atoms with Gasteiger partial charge in [0.25, 0.3) is 0 Å². The molecule has 1 amide bonds. The molecule has 0 spiro atoms. The molecule has 1 aliphatic heterocycles. The Hall–Kier alpha value is -2.27. The molecule has 3 rings (SSSR count). The van der Waals surface area contributed by atoms with Gasteiger partial charge in [0.15, 0.2) is 0 Å². The smallest absolute Gasteiger partial charge is 0.223 e. The number of nitrogens with zero attached hydrogens (tertiary/aromatic N) is 2. The number of benzene rings is 1. The SMILES string of the molecule is O=C(CCc1ccccn1)N1C[C@H](O)C[C@@H]1c1cccc(F)c1. The topological polar surface area (TPSA) is 53.4 Å². The molecule has 1 aliphatic rings. The average molecular weight is 314 g/mol. The maximum atomic E-state index is 13.4. The molecule has 2 aromatic rings. The van der Waals surface area contributed by atoms with Gasteiger partial charge in [0.2, 0.25) is 5.91 Å². The first-order valence-electron chi connectivity index (χ1n) is 7.76. The molecule has 1 aromatic heterocycles. The summed E-state index contributed by atoms with van der Waals surface area (Å²) in [7, 11) is 0. The van der Waals surface area contributed by atoms with Crippen molar-refractivity contribution in [3.8, 4) is 0 Å². The number of likely N-dealkylation sites (tertiary alicyclic amines) is 1. The molecular weight excluding hydrogens is 295 g/mol. The molecular formula is C18H19FN2O2. The van der Waals surface area contributed by atoms with Gasteiger partial charge in [-0.05, 0) is 42.7 Å². The van der Waals surface area contributed by atoms with Crippen LogP contribution in [0.2, 0.25) is 0 Å². The number of amides is 1. The van der Waals surface area contributed by atoms with E-state index in [4.69, 9.17) is 0 Å². The second-order valence-corrected chi connectivity index (χ2v) is 5.83. The third-order valence-corrected chi connectivity index (χ3v) is 4.15. The second-order valence-electron chi connectivity index (χ2n) is 5.83. The summed E-state index contributed by atoms with van der Waals surface area (Å²) in [6.45, 7) is 0.294. The fourth-order valence-corrected chi connectivity index (χ4v) is 3.04. The molecule has 0 aliphatic carbocycles. The number of hydrogen-bond acceptors (Lipinski definition) is 3. The van der Waals surface area contributed by atoms with E-state index in [2.05, 4.69) is 4.98 Å². The van der Waals surface area contributed by atoms with Crippen LogP contribution in [0.3, 0.4) is 0 Å². The molecule has 0 saturated carbocycles. The molecule has 5 heteroatoms. The Kier molecular flexibility index (Phi) is 4.67. The van der Waals surface area contributed by atoms with Crippen LogP contribution in [0, 0.1) is 5.82 Å². The first-order chi connectivity index (χ1) is 11.1. The number of aryl methyl sites for hydroxylation is 1. The molecule has 23 heavy (non-hydrogen) atoms. The number of rotatable bonds is 4. The zero-order valence-corrected chi connectivity index (χ0v) is 12.7. The lowest BCUT2D eigenvalue weighted by molar-refractivity contribution is -0.132. The summed E-state index contributed by atoms with van der Waals surface area (Å²) >= 11 is 0. The van der Waals surface area contributed by atoms with E-state index in [9.17, 15) is 14.3 Å². The predicted molar refractivity (Wildman–Crippen MR) is 84.0 cm³/mol. The number of halogens is 1. The van der Waals surface area contributed by atoms with E-state index in [-0.39, 0.29) is 17.8 Å². The van der Waals surface area contributed by atoms with Gasteiger partial charge >= 0.3 is 0 Å². The van der Waals surface area contributed by atoms with Crippen molar-refractivity contribution < 1.29 is 14.3 Å². The van der Waals surface area contributed by atoms with Gasteiger partial charge in [-0.1, -0.05) is 18.2 Å². The fraction of sp³-hybridized carbons (Fsp3) is 0.333. The first-order valence-corrected chi connectivity index (χ1v) is 7.76. The summed E-state index contributed by atoms with van der Waals surface area (Å²) < 4.78 is 13.4. The summed E-state index contributed by atoms with van der Waals surface area (Å²) in [6.07, 6.45) is 2.47. The number of hydrogen-bond donors (Lipinski definition) is 1. The van der Waals surface area contributed by atoms with Crippen molar-refractivity contribution in [2.75, 3.05) is 6.54 Å². The van der Waals surface area contributed by atoms with Crippen LogP contribution >= 0.6 is 0 Å². The summed E-state index contributed by atoms with van der Waals surface area (Å²) in [6, 6.07) is 11.6. The highest BCUT2D eigenvalue weighted by Gasteiger charge is 2.35. The Morgan fingerprint density at radius 2 is 2.17 bits per heavy atom. The molecule has 1 N–H and O–H groups in total. The molecule has 1 aromatic carbocycles. The van der Waals surface area contributed by atoms with Crippen molar-refractivity contribution in [1.82, 2.24) is 9.88 Å². The van der Waals surface area contributed by atoms with Gasteiger partial charge in [-0.3, -0.25) is 9.78 Å². The van der Waals surface area contributed by atoms with Crippen LogP contribution < -0.4 is 0 Å². The molecule has 4 nitrogen and oxygen atoms in total. The van der Waals surface area contributed by atoms with Crippen LogP contribution in [0.5, 0.6) is 0 Å². The highest BCUT2D eigenvalue weighted by Crippen LogP contribution is 2.33. The minimum absolute atomic E-state index is 0.0403. The highest BCUT2D eigenvalue weighted by molar-refractivity contribution is 5.77. The highest BCUT2D eigenvalue weighted by atomic mass is 19.1. The Bertz CT molecular complexity index is 678. The van der Waals surface area contributed by atoms with E-state index in [0.29, 0.717) is 25.8 Å². The average Bonchev–Trinajstić information content (AvgIpc) is 2.96. The van der Waals surface area contributed by atoms with Gasteiger partial charge in [-0.15, -0.1) is 0 Å². The van der Waals surface area contributed by atoms with E-state index < -0.39 is 6.10 Å². The number of carbonyl (C=O) groups excluding carboxylic acids is 1. The Morgan fingerprint density at radius 1 is 1.30 bits per heavy atom. The molecule has 2 atom stereocenters. The Balaban J connectivity index is 1.70. The van der Waals surface area contributed by atoms with Crippen molar-refractivity contribution in [1.29, 1.82) is 0 Å². The van der Waals surface area contributed by atoms with Crippen LogP contribution in [0.1, 0.15) is 30.1 Å². The van der Waals surface area contributed by atoms with Crippen molar-refractivity contribution in [3.05, 3.63) is 65.7 Å². The summed E-state index contributed by atoms with van der Waals surface area (Å²) in [4.78, 5) is 18.4. The maximum Gasteiger partial charge on any atom is 0.223 e. The van der Waals surface area contributed by atoms with E-state index in [1.54, 1.807) is 23.2 Å². The number of aliphatic hydroxyl groups excluding tert-OH is 1. The number of aromatic nitrogens is 1. The third-order valence-electron chi connectivity index (χ3n) is 4.15. The summed E-state index contributed by atoms with van der Waals surface area (Å²) in [5, 5.41) is 9.93. The van der Waals surface area contributed by atoms with Gasteiger partial charge in [0, 0.05) is 24.9 Å². The first kappa shape index (κ1) is 15.6. The maximum absolute atomic E-state index is 13.4. The predicted octanol–water partition coefficient (Wildman–Crippen LogP) is 2.49. The van der Waals surface area contributed by atoms with Gasteiger partial charge in [-0.25, -0.2) is 4.39 Å². The molecule has 2 heterocycles. The van der Waals surface area contributed by atoms with Crippen LogP contribution in [-0.2, 0) is 11.2 Å². The number of aliphatic hydroxyl groups is 1. The number of pyridine rings is 1. The Morgan fingerprint density at radius 3 is 2.91 bits per heavy atom. The number of β-amino-alcohol motifs (C(OH)–C–C–N with tert-alkyl or cyclic N) is 1. The largest absolute Gasteiger partial charge is 0.391 e.